The highest BCUT2D eigenvalue weighted by Gasteiger charge is 2.36. The van der Waals surface area contributed by atoms with Crippen LogP contribution in [0.25, 0.3) is 0 Å². The van der Waals surface area contributed by atoms with Gasteiger partial charge in [-0.1, -0.05) is 13.0 Å². The fourth-order valence-electron chi connectivity index (χ4n) is 2.55. The van der Waals surface area contributed by atoms with Crippen molar-refractivity contribution in [3.63, 3.8) is 0 Å². The van der Waals surface area contributed by atoms with E-state index in [1.807, 2.05) is 24.0 Å². The molecule has 1 aliphatic rings. The van der Waals surface area contributed by atoms with E-state index >= 15 is 0 Å². The molecule has 2 unspecified atom stereocenters. The van der Waals surface area contributed by atoms with Crippen molar-refractivity contribution < 1.29 is 14.6 Å². The summed E-state index contributed by atoms with van der Waals surface area (Å²) in [6.45, 7) is 3.35. The number of likely N-dealkylation sites (tertiary alicyclic amines) is 1. The summed E-state index contributed by atoms with van der Waals surface area (Å²) in [6, 6.07) is 3.36. The summed E-state index contributed by atoms with van der Waals surface area (Å²) >= 11 is 0. The zero-order valence-electron chi connectivity index (χ0n) is 10.7. The number of pyridine rings is 1. The zero-order chi connectivity index (χ0) is 13.1. The molecule has 1 aliphatic heterocycles. The van der Waals surface area contributed by atoms with Crippen molar-refractivity contribution in [2.24, 2.45) is 5.92 Å². The van der Waals surface area contributed by atoms with Gasteiger partial charge in [0.05, 0.1) is 7.11 Å². The summed E-state index contributed by atoms with van der Waals surface area (Å²) in [5, 5.41) is 9.27. The van der Waals surface area contributed by atoms with Crippen LogP contribution in [0.1, 0.15) is 18.9 Å². The molecule has 1 saturated heterocycles. The van der Waals surface area contributed by atoms with Crippen molar-refractivity contribution >= 4 is 5.97 Å². The maximum atomic E-state index is 11.3. The average molecular weight is 250 g/mol. The average Bonchev–Trinajstić information content (AvgIpc) is 2.71. The van der Waals surface area contributed by atoms with Crippen LogP contribution in [-0.4, -0.2) is 40.7 Å². The summed E-state index contributed by atoms with van der Waals surface area (Å²) in [4.78, 5) is 17.4. The zero-order valence-corrected chi connectivity index (χ0v) is 10.7. The van der Waals surface area contributed by atoms with Crippen LogP contribution in [0.4, 0.5) is 0 Å². The van der Waals surface area contributed by atoms with E-state index in [2.05, 4.69) is 4.98 Å². The van der Waals surface area contributed by atoms with Gasteiger partial charge in [0, 0.05) is 18.3 Å². The molecule has 1 aromatic rings. The second-order valence-electron chi connectivity index (χ2n) is 4.69. The molecule has 1 fully saturated rings. The van der Waals surface area contributed by atoms with Crippen LogP contribution >= 0.6 is 0 Å². The standard InChI is InChI=1S/C13H18N2O3/c1-9-5-7-15(11(9)13(16)17)8-10-4-3-6-14-12(10)18-2/h3-4,6,9,11H,5,7-8H2,1-2H3,(H,16,17). The molecule has 0 saturated carbocycles. The van der Waals surface area contributed by atoms with Gasteiger partial charge in [0.1, 0.15) is 6.04 Å². The molecule has 98 valence electrons. The highest BCUT2D eigenvalue weighted by Crippen LogP contribution is 2.27. The second-order valence-corrected chi connectivity index (χ2v) is 4.69. The molecule has 2 heterocycles. The fourth-order valence-corrected chi connectivity index (χ4v) is 2.55. The summed E-state index contributed by atoms with van der Waals surface area (Å²) in [6.07, 6.45) is 2.59. The Morgan fingerprint density at radius 3 is 3.11 bits per heavy atom. The molecule has 2 atom stereocenters. The Morgan fingerprint density at radius 2 is 2.44 bits per heavy atom. The number of ether oxygens (including phenoxy) is 1. The summed E-state index contributed by atoms with van der Waals surface area (Å²) < 4.78 is 5.19. The van der Waals surface area contributed by atoms with Crippen LogP contribution < -0.4 is 4.74 Å². The van der Waals surface area contributed by atoms with Gasteiger partial charge < -0.3 is 9.84 Å². The summed E-state index contributed by atoms with van der Waals surface area (Å²) in [5.41, 5.74) is 0.931. The Kier molecular flexibility index (Phi) is 3.81. The van der Waals surface area contributed by atoms with Crippen molar-refractivity contribution in [2.45, 2.75) is 25.9 Å². The molecular weight excluding hydrogens is 232 g/mol. The molecule has 0 bridgehead atoms. The number of hydrogen-bond donors (Lipinski definition) is 1. The minimum absolute atomic E-state index is 0.185. The highest BCUT2D eigenvalue weighted by molar-refractivity contribution is 5.74. The Hall–Kier alpha value is -1.62. The van der Waals surface area contributed by atoms with E-state index < -0.39 is 12.0 Å². The SMILES string of the molecule is COc1ncccc1CN1CCC(C)C1C(=O)O. The normalized spacial score (nSPS) is 24.1. The van der Waals surface area contributed by atoms with Gasteiger partial charge in [0.15, 0.2) is 0 Å². The summed E-state index contributed by atoms with van der Waals surface area (Å²) in [7, 11) is 1.58. The maximum absolute atomic E-state index is 11.3. The number of aromatic nitrogens is 1. The quantitative estimate of drug-likeness (QED) is 0.874. The third-order valence-corrected chi connectivity index (χ3v) is 3.47. The molecule has 1 N–H and O–H groups in total. The van der Waals surface area contributed by atoms with Crippen molar-refractivity contribution in [1.82, 2.24) is 9.88 Å². The van der Waals surface area contributed by atoms with Gasteiger partial charge in [-0.2, -0.15) is 0 Å². The van der Waals surface area contributed by atoms with Crippen LogP contribution in [0.2, 0.25) is 0 Å². The monoisotopic (exact) mass is 250 g/mol. The number of hydrogen-bond acceptors (Lipinski definition) is 4. The first-order valence-corrected chi connectivity index (χ1v) is 6.08. The van der Waals surface area contributed by atoms with E-state index in [0.717, 1.165) is 18.5 Å². The lowest BCUT2D eigenvalue weighted by Crippen LogP contribution is -2.38. The first-order chi connectivity index (χ1) is 8.63. The first kappa shape index (κ1) is 12.8. The third-order valence-electron chi connectivity index (χ3n) is 3.47. The van der Waals surface area contributed by atoms with Crippen molar-refractivity contribution in [2.75, 3.05) is 13.7 Å². The molecule has 0 spiro atoms. The molecule has 0 aliphatic carbocycles. The van der Waals surface area contributed by atoms with Gasteiger partial charge in [0.2, 0.25) is 5.88 Å². The number of methoxy groups -OCH3 is 1. The highest BCUT2D eigenvalue weighted by atomic mass is 16.5. The predicted molar refractivity (Wildman–Crippen MR) is 66.4 cm³/mol. The van der Waals surface area contributed by atoms with Crippen LogP contribution in [0.15, 0.2) is 18.3 Å². The van der Waals surface area contributed by atoms with E-state index in [0.29, 0.717) is 12.4 Å². The molecule has 5 nitrogen and oxygen atoms in total. The van der Waals surface area contributed by atoms with Gasteiger partial charge in [-0.25, -0.2) is 4.98 Å². The van der Waals surface area contributed by atoms with E-state index in [9.17, 15) is 9.90 Å². The number of nitrogens with zero attached hydrogens (tertiary/aromatic N) is 2. The Bertz CT molecular complexity index is 436. The molecule has 5 heteroatoms. The van der Waals surface area contributed by atoms with Gasteiger partial charge in [-0.15, -0.1) is 0 Å². The van der Waals surface area contributed by atoms with Crippen LogP contribution in [0.3, 0.4) is 0 Å². The van der Waals surface area contributed by atoms with Gasteiger partial charge in [0.25, 0.3) is 0 Å². The Morgan fingerprint density at radius 1 is 1.67 bits per heavy atom. The third kappa shape index (κ3) is 2.46. The number of carboxylic acids is 1. The molecule has 2 rings (SSSR count). The van der Waals surface area contributed by atoms with Crippen molar-refractivity contribution in [1.29, 1.82) is 0 Å². The molecular formula is C13H18N2O3. The largest absolute Gasteiger partial charge is 0.481 e. The van der Waals surface area contributed by atoms with Crippen molar-refractivity contribution in [3.05, 3.63) is 23.9 Å². The van der Waals surface area contributed by atoms with E-state index in [4.69, 9.17) is 4.74 Å². The van der Waals surface area contributed by atoms with E-state index in [1.54, 1.807) is 13.3 Å². The molecule has 0 amide bonds. The fraction of sp³-hybridized carbons (Fsp3) is 0.538. The number of carboxylic acid groups (broad SMARTS) is 1. The maximum Gasteiger partial charge on any atom is 0.321 e. The predicted octanol–water partition coefficient (Wildman–Crippen LogP) is 1.39. The van der Waals surface area contributed by atoms with Crippen LogP contribution in [-0.2, 0) is 11.3 Å². The first-order valence-electron chi connectivity index (χ1n) is 6.08. The Labute approximate surface area is 106 Å². The van der Waals surface area contributed by atoms with Gasteiger partial charge >= 0.3 is 5.97 Å². The Balaban J connectivity index is 2.16. The lowest BCUT2D eigenvalue weighted by molar-refractivity contribution is -0.143. The topological polar surface area (TPSA) is 62.7 Å². The number of rotatable bonds is 4. The van der Waals surface area contributed by atoms with E-state index in [-0.39, 0.29) is 5.92 Å². The van der Waals surface area contributed by atoms with Crippen LogP contribution in [0, 0.1) is 5.92 Å². The van der Waals surface area contributed by atoms with Crippen LogP contribution in [0.5, 0.6) is 5.88 Å². The molecule has 0 aromatic carbocycles. The lowest BCUT2D eigenvalue weighted by atomic mass is 10.0. The van der Waals surface area contributed by atoms with Gasteiger partial charge in [-0.3, -0.25) is 9.69 Å². The van der Waals surface area contributed by atoms with E-state index in [1.165, 1.54) is 0 Å². The lowest BCUT2D eigenvalue weighted by Gasteiger charge is -2.23. The molecule has 1 aromatic heterocycles. The smallest absolute Gasteiger partial charge is 0.321 e. The molecule has 18 heavy (non-hydrogen) atoms. The minimum Gasteiger partial charge on any atom is -0.481 e. The second kappa shape index (κ2) is 5.35. The number of carbonyl (C=O) groups is 1. The molecule has 0 radical (unpaired) electrons. The minimum atomic E-state index is -0.747. The number of aliphatic carboxylic acids is 1. The van der Waals surface area contributed by atoms with Crippen molar-refractivity contribution in [3.8, 4) is 5.88 Å². The summed E-state index contributed by atoms with van der Waals surface area (Å²) in [5.74, 6) is 0.00853. The van der Waals surface area contributed by atoms with Gasteiger partial charge in [-0.05, 0) is 24.9 Å².